The summed E-state index contributed by atoms with van der Waals surface area (Å²) in [6.07, 6.45) is -0.520. The maximum atomic E-state index is 13.3. The van der Waals surface area contributed by atoms with Crippen molar-refractivity contribution in [2.24, 2.45) is 5.73 Å². The van der Waals surface area contributed by atoms with Crippen molar-refractivity contribution < 1.29 is 14.3 Å². The Kier molecular flexibility index (Phi) is 3.93. The summed E-state index contributed by atoms with van der Waals surface area (Å²) in [6, 6.07) is 6.84. The average Bonchev–Trinajstić information content (AvgIpc) is 2.69. The Morgan fingerprint density at radius 3 is 3.00 bits per heavy atom. The number of rotatable bonds is 4. The van der Waals surface area contributed by atoms with Gasteiger partial charge in [-0.2, -0.15) is 0 Å². The Labute approximate surface area is 105 Å². The van der Waals surface area contributed by atoms with Crippen LogP contribution in [0.1, 0.15) is 22.3 Å². The van der Waals surface area contributed by atoms with Crippen molar-refractivity contribution in [2.75, 3.05) is 13.2 Å². The largest absolute Gasteiger partial charge is 0.395 e. The molecule has 1 aliphatic heterocycles. The maximum Gasteiger partial charge on any atom is 0.248 e. The summed E-state index contributed by atoms with van der Waals surface area (Å²) in [6.45, 7) is 0.800. The van der Waals surface area contributed by atoms with E-state index in [-0.39, 0.29) is 12.6 Å². The quantitative estimate of drug-likeness (QED) is 0.828. The van der Waals surface area contributed by atoms with Crippen LogP contribution in [0.3, 0.4) is 0 Å². The lowest BCUT2D eigenvalue weighted by molar-refractivity contribution is 0.1000. The van der Waals surface area contributed by atoms with Gasteiger partial charge in [-0.15, -0.1) is 0 Å². The van der Waals surface area contributed by atoms with Gasteiger partial charge in [0.2, 0.25) is 5.91 Å². The van der Waals surface area contributed by atoms with Gasteiger partial charge in [0.1, 0.15) is 6.17 Å². The van der Waals surface area contributed by atoms with E-state index in [0.29, 0.717) is 25.1 Å². The van der Waals surface area contributed by atoms with Crippen LogP contribution < -0.4 is 5.73 Å². The van der Waals surface area contributed by atoms with Crippen LogP contribution in [0, 0.1) is 0 Å². The van der Waals surface area contributed by atoms with Crippen molar-refractivity contribution >= 4 is 5.91 Å². The zero-order chi connectivity index (χ0) is 13.1. The van der Waals surface area contributed by atoms with Gasteiger partial charge >= 0.3 is 0 Å². The number of hydrogen-bond donors (Lipinski definition) is 2. The third-order valence-corrected chi connectivity index (χ3v) is 3.28. The molecule has 0 unspecified atom stereocenters. The summed E-state index contributed by atoms with van der Waals surface area (Å²) in [7, 11) is 0. The minimum atomic E-state index is -0.888. The van der Waals surface area contributed by atoms with Crippen molar-refractivity contribution in [3.05, 3.63) is 35.4 Å². The Hall–Kier alpha value is -1.46. The van der Waals surface area contributed by atoms with Crippen molar-refractivity contribution in [3.8, 4) is 0 Å². The molecule has 0 spiro atoms. The smallest absolute Gasteiger partial charge is 0.248 e. The van der Waals surface area contributed by atoms with Crippen molar-refractivity contribution in [1.82, 2.24) is 4.90 Å². The Bertz CT molecular complexity index is 439. The number of halogens is 1. The van der Waals surface area contributed by atoms with Crippen LogP contribution in [-0.2, 0) is 6.54 Å². The topological polar surface area (TPSA) is 66.6 Å². The number of alkyl halides is 1. The van der Waals surface area contributed by atoms with Gasteiger partial charge in [0.25, 0.3) is 0 Å². The second-order valence-electron chi connectivity index (χ2n) is 4.66. The number of aliphatic hydroxyl groups excluding tert-OH is 1. The third-order valence-electron chi connectivity index (χ3n) is 3.28. The van der Waals surface area contributed by atoms with E-state index in [4.69, 9.17) is 5.73 Å². The molecule has 3 N–H and O–H groups in total. The molecule has 0 saturated carbocycles. The molecule has 1 aliphatic rings. The first-order valence-electron chi connectivity index (χ1n) is 5.98. The van der Waals surface area contributed by atoms with Crippen LogP contribution in [-0.4, -0.2) is 41.3 Å². The monoisotopic (exact) mass is 252 g/mol. The number of likely N-dealkylation sites (tertiary alicyclic amines) is 1. The summed E-state index contributed by atoms with van der Waals surface area (Å²) < 4.78 is 13.3. The van der Waals surface area contributed by atoms with E-state index in [1.165, 1.54) is 0 Å². The van der Waals surface area contributed by atoms with Crippen molar-refractivity contribution in [2.45, 2.75) is 25.2 Å². The number of amides is 1. The number of primary amides is 1. The highest BCUT2D eigenvalue weighted by Gasteiger charge is 2.31. The van der Waals surface area contributed by atoms with E-state index in [2.05, 4.69) is 0 Å². The maximum absolute atomic E-state index is 13.3. The van der Waals surface area contributed by atoms with Gasteiger partial charge in [0.05, 0.1) is 6.61 Å². The van der Waals surface area contributed by atoms with E-state index < -0.39 is 12.1 Å². The average molecular weight is 252 g/mol. The first-order valence-corrected chi connectivity index (χ1v) is 5.98. The molecule has 1 saturated heterocycles. The lowest BCUT2D eigenvalue weighted by Gasteiger charge is -2.22. The Balaban J connectivity index is 2.09. The number of carbonyl (C=O) groups excluding carboxylic acids is 1. The molecule has 0 aromatic heterocycles. The van der Waals surface area contributed by atoms with Gasteiger partial charge in [0, 0.05) is 24.7 Å². The number of aliphatic hydroxyl groups is 1. The van der Waals surface area contributed by atoms with E-state index in [0.717, 1.165) is 5.56 Å². The minimum absolute atomic E-state index is 0.0457. The molecule has 1 fully saturated rings. The highest BCUT2D eigenvalue weighted by atomic mass is 19.1. The molecular weight excluding hydrogens is 235 g/mol. The van der Waals surface area contributed by atoms with Gasteiger partial charge < -0.3 is 10.8 Å². The van der Waals surface area contributed by atoms with Crippen LogP contribution in [0.2, 0.25) is 0 Å². The molecule has 0 radical (unpaired) electrons. The molecule has 18 heavy (non-hydrogen) atoms. The van der Waals surface area contributed by atoms with E-state index >= 15 is 0 Å². The molecule has 1 aromatic carbocycles. The fourth-order valence-electron chi connectivity index (χ4n) is 2.36. The van der Waals surface area contributed by atoms with Gasteiger partial charge in [0.15, 0.2) is 0 Å². The zero-order valence-electron chi connectivity index (χ0n) is 10.1. The first kappa shape index (κ1) is 13.0. The Morgan fingerprint density at radius 2 is 2.33 bits per heavy atom. The van der Waals surface area contributed by atoms with Crippen LogP contribution in [0.25, 0.3) is 0 Å². The molecule has 1 heterocycles. The molecule has 4 nitrogen and oxygen atoms in total. The van der Waals surface area contributed by atoms with E-state index in [1.807, 2.05) is 11.0 Å². The molecule has 2 rings (SSSR count). The normalized spacial score (nSPS) is 24.3. The van der Waals surface area contributed by atoms with Gasteiger partial charge in [-0.05, 0) is 24.1 Å². The number of hydrogen-bond acceptors (Lipinski definition) is 3. The first-order chi connectivity index (χ1) is 8.60. The fourth-order valence-corrected chi connectivity index (χ4v) is 2.36. The van der Waals surface area contributed by atoms with Crippen LogP contribution in [0.15, 0.2) is 24.3 Å². The zero-order valence-corrected chi connectivity index (χ0v) is 10.1. The van der Waals surface area contributed by atoms with Crippen LogP contribution >= 0.6 is 0 Å². The molecule has 0 aliphatic carbocycles. The van der Waals surface area contributed by atoms with Crippen LogP contribution in [0.5, 0.6) is 0 Å². The summed E-state index contributed by atoms with van der Waals surface area (Å²) >= 11 is 0. The number of nitrogens with two attached hydrogens (primary N) is 1. The SMILES string of the molecule is NC(=O)c1cccc(CN2C[C@@H](F)C[C@H]2CO)c1. The van der Waals surface area contributed by atoms with Gasteiger partial charge in [-0.3, -0.25) is 9.69 Å². The third kappa shape index (κ3) is 2.86. The number of benzene rings is 1. The van der Waals surface area contributed by atoms with Crippen LogP contribution in [0.4, 0.5) is 4.39 Å². The summed E-state index contributed by atoms with van der Waals surface area (Å²) in [4.78, 5) is 13.0. The molecule has 98 valence electrons. The van der Waals surface area contributed by atoms with Crippen molar-refractivity contribution in [1.29, 1.82) is 0 Å². The number of nitrogens with zero attached hydrogens (tertiary/aromatic N) is 1. The molecule has 1 aromatic rings. The van der Waals surface area contributed by atoms with Gasteiger partial charge in [-0.1, -0.05) is 12.1 Å². The molecule has 0 bridgehead atoms. The lowest BCUT2D eigenvalue weighted by Crippen LogP contribution is -2.31. The molecular formula is C13H17FN2O2. The molecule has 2 atom stereocenters. The van der Waals surface area contributed by atoms with E-state index in [9.17, 15) is 14.3 Å². The predicted octanol–water partition coefficient (Wildman–Crippen LogP) is 0.690. The summed E-state index contributed by atoms with van der Waals surface area (Å²) in [5.74, 6) is -0.472. The Morgan fingerprint density at radius 1 is 1.56 bits per heavy atom. The standard InChI is InChI=1S/C13H17FN2O2/c14-11-5-12(8-17)16(7-11)6-9-2-1-3-10(4-9)13(15)18/h1-4,11-12,17H,5-8H2,(H2,15,18)/t11-,12-/m0/s1. The lowest BCUT2D eigenvalue weighted by atomic mass is 10.1. The minimum Gasteiger partial charge on any atom is -0.395 e. The molecule has 1 amide bonds. The van der Waals surface area contributed by atoms with Crippen molar-refractivity contribution in [3.63, 3.8) is 0 Å². The molecule has 5 heteroatoms. The second-order valence-corrected chi connectivity index (χ2v) is 4.66. The highest BCUT2D eigenvalue weighted by Crippen LogP contribution is 2.22. The highest BCUT2D eigenvalue weighted by molar-refractivity contribution is 5.92. The van der Waals surface area contributed by atoms with E-state index in [1.54, 1.807) is 18.2 Å². The fraction of sp³-hybridized carbons (Fsp3) is 0.462. The number of carbonyl (C=O) groups is 1. The predicted molar refractivity (Wildman–Crippen MR) is 65.8 cm³/mol. The van der Waals surface area contributed by atoms with Gasteiger partial charge in [-0.25, -0.2) is 4.39 Å². The second kappa shape index (κ2) is 5.46. The summed E-state index contributed by atoms with van der Waals surface area (Å²) in [5.41, 5.74) is 6.56. The summed E-state index contributed by atoms with van der Waals surface area (Å²) in [5, 5.41) is 9.19.